The number of amides is 3. The molecule has 1 fully saturated rings. The molecular formula is C32H33N5O3. The highest BCUT2D eigenvalue weighted by Crippen LogP contribution is 2.32. The lowest BCUT2D eigenvalue weighted by molar-refractivity contribution is 0.0984. The largest absolute Gasteiger partial charge is 0.497 e. The summed E-state index contributed by atoms with van der Waals surface area (Å²) in [6.45, 7) is 4.82. The van der Waals surface area contributed by atoms with Gasteiger partial charge >= 0.3 is 6.03 Å². The van der Waals surface area contributed by atoms with Gasteiger partial charge in [0.15, 0.2) is 0 Å². The van der Waals surface area contributed by atoms with E-state index in [1.165, 1.54) is 11.1 Å². The first-order valence-corrected chi connectivity index (χ1v) is 13.8. The van der Waals surface area contributed by atoms with Crippen LogP contribution in [0.25, 0.3) is 0 Å². The minimum absolute atomic E-state index is 0.0652. The van der Waals surface area contributed by atoms with Crippen LogP contribution < -0.4 is 19.9 Å². The number of hydrogen-bond donors (Lipinski definition) is 1. The van der Waals surface area contributed by atoms with Crippen LogP contribution >= 0.6 is 0 Å². The zero-order valence-electron chi connectivity index (χ0n) is 22.9. The number of carbonyl (C=O) groups excluding carboxylic acids is 2. The molecule has 3 amide bonds. The van der Waals surface area contributed by atoms with Crippen molar-refractivity contribution in [2.45, 2.75) is 38.6 Å². The number of pyridine rings is 1. The van der Waals surface area contributed by atoms with Crippen LogP contribution in [-0.4, -0.2) is 61.2 Å². The highest BCUT2D eigenvalue weighted by molar-refractivity contribution is 6.06. The maximum absolute atomic E-state index is 13.5. The average molecular weight is 536 g/mol. The number of terminal acetylenes is 1. The molecule has 6 rings (SSSR count). The number of ether oxygens (including phenoxy) is 1. The van der Waals surface area contributed by atoms with Crippen LogP contribution in [0.2, 0.25) is 0 Å². The molecular weight excluding hydrogens is 502 g/mol. The van der Waals surface area contributed by atoms with Crippen molar-refractivity contribution >= 4 is 29.0 Å². The number of rotatable bonds is 4. The molecule has 3 aliphatic rings. The normalized spacial score (nSPS) is 17.0. The number of benzene rings is 2. The molecule has 204 valence electrons. The Morgan fingerprint density at radius 1 is 1.02 bits per heavy atom. The highest BCUT2D eigenvalue weighted by atomic mass is 16.5. The summed E-state index contributed by atoms with van der Waals surface area (Å²) in [7, 11) is 1.65. The number of hydrogen-bond acceptors (Lipinski definition) is 5. The first-order chi connectivity index (χ1) is 19.4. The molecule has 0 radical (unpaired) electrons. The standard InChI is InChI=1S/C32H33N5O3/c1-4-22-20-33-28(31(38)37-16-10-24-17-21(2)5-8-29(24)37)19-30(22)35-13-11-25(12-14-35)36-15-9-23-18-26(40-3)6-7-27(23)34-32(36)39/h1,5-8,17-20,25H,9-16H2,2-3H3,(H,34,39). The third kappa shape index (κ3) is 4.73. The molecule has 0 bridgehead atoms. The van der Waals surface area contributed by atoms with E-state index in [0.29, 0.717) is 24.3 Å². The maximum Gasteiger partial charge on any atom is 0.322 e. The Bertz CT molecular complexity index is 1520. The summed E-state index contributed by atoms with van der Waals surface area (Å²) in [6.07, 6.45) is 10.7. The Hall–Kier alpha value is -4.51. The fourth-order valence-corrected chi connectivity index (χ4v) is 6.14. The monoisotopic (exact) mass is 535 g/mol. The number of anilines is 3. The molecule has 0 saturated carbocycles. The molecule has 4 heterocycles. The highest BCUT2D eigenvalue weighted by Gasteiger charge is 2.32. The fraction of sp³-hybridized carbons (Fsp3) is 0.344. The van der Waals surface area contributed by atoms with Gasteiger partial charge in [-0.15, -0.1) is 6.42 Å². The molecule has 8 heteroatoms. The third-order valence-electron chi connectivity index (χ3n) is 8.32. The minimum atomic E-state index is -0.111. The average Bonchev–Trinajstić information content (AvgIpc) is 3.32. The van der Waals surface area contributed by atoms with E-state index in [0.717, 1.165) is 67.1 Å². The van der Waals surface area contributed by atoms with Crippen LogP contribution in [-0.2, 0) is 12.8 Å². The van der Waals surface area contributed by atoms with Gasteiger partial charge in [0, 0.05) is 49.8 Å². The molecule has 1 aromatic heterocycles. The van der Waals surface area contributed by atoms with Crippen LogP contribution in [0, 0.1) is 19.3 Å². The van der Waals surface area contributed by atoms with Crippen molar-refractivity contribution in [2.75, 3.05) is 48.4 Å². The van der Waals surface area contributed by atoms with Crippen molar-refractivity contribution < 1.29 is 14.3 Å². The van der Waals surface area contributed by atoms with E-state index in [-0.39, 0.29) is 18.0 Å². The number of piperidine rings is 1. The molecule has 0 aliphatic carbocycles. The molecule has 3 aliphatic heterocycles. The van der Waals surface area contributed by atoms with Gasteiger partial charge in [-0.3, -0.25) is 4.79 Å². The van der Waals surface area contributed by atoms with E-state index in [2.05, 4.69) is 34.1 Å². The summed E-state index contributed by atoms with van der Waals surface area (Å²) in [5.74, 6) is 3.42. The number of aryl methyl sites for hydroxylation is 1. The first kappa shape index (κ1) is 25.8. The van der Waals surface area contributed by atoms with Crippen LogP contribution in [0.15, 0.2) is 48.7 Å². The molecule has 8 nitrogen and oxygen atoms in total. The predicted molar refractivity (Wildman–Crippen MR) is 156 cm³/mol. The van der Waals surface area contributed by atoms with E-state index in [9.17, 15) is 9.59 Å². The Morgan fingerprint density at radius 2 is 1.82 bits per heavy atom. The van der Waals surface area contributed by atoms with Gasteiger partial charge in [-0.2, -0.15) is 0 Å². The Kier molecular flexibility index (Phi) is 6.81. The number of nitrogens with zero attached hydrogens (tertiary/aromatic N) is 4. The van der Waals surface area contributed by atoms with Crippen molar-refractivity contribution in [3.63, 3.8) is 0 Å². The summed E-state index contributed by atoms with van der Waals surface area (Å²) in [5, 5.41) is 3.08. The van der Waals surface area contributed by atoms with Crippen LogP contribution in [0.1, 0.15) is 45.6 Å². The maximum atomic E-state index is 13.5. The first-order valence-electron chi connectivity index (χ1n) is 13.8. The van der Waals surface area contributed by atoms with E-state index >= 15 is 0 Å². The van der Waals surface area contributed by atoms with Gasteiger partial charge in [0.1, 0.15) is 11.4 Å². The third-order valence-corrected chi connectivity index (χ3v) is 8.32. The van der Waals surface area contributed by atoms with Gasteiger partial charge in [-0.1, -0.05) is 23.6 Å². The number of urea groups is 1. The van der Waals surface area contributed by atoms with Crippen molar-refractivity contribution in [3.05, 3.63) is 76.6 Å². The van der Waals surface area contributed by atoms with Crippen molar-refractivity contribution in [1.82, 2.24) is 9.88 Å². The van der Waals surface area contributed by atoms with Gasteiger partial charge in [-0.25, -0.2) is 9.78 Å². The van der Waals surface area contributed by atoms with E-state index in [1.807, 2.05) is 46.2 Å². The Labute approximate surface area is 234 Å². The molecule has 0 atom stereocenters. The molecule has 0 unspecified atom stereocenters. The van der Waals surface area contributed by atoms with Gasteiger partial charge in [0.25, 0.3) is 5.91 Å². The zero-order valence-corrected chi connectivity index (χ0v) is 22.9. The van der Waals surface area contributed by atoms with Gasteiger partial charge in [-0.05, 0) is 74.1 Å². The van der Waals surface area contributed by atoms with Gasteiger partial charge in [0.2, 0.25) is 0 Å². The quantitative estimate of drug-likeness (QED) is 0.493. The number of methoxy groups -OCH3 is 1. The summed E-state index contributed by atoms with van der Waals surface area (Å²) in [5.41, 5.74) is 7.17. The Morgan fingerprint density at radius 3 is 2.60 bits per heavy atom. The lowest BCUT2D eigenvalue weighted by Gasteiger charge is -2.39. The number of aromatic nitrogens is 1. The molecule has 40 heavy (non-hydrogen) atoms. The predicted octanol–water partition coefficient (Wildman–Crippen LogP) is 4.64. The van der Waals surface area contributed by atoms with Gasteiger partial charge < -0.3 is 24.8 Å². The fourth-order valence-electron chi connectivity index (χ4n) is 6.14. The SMILES string of the molecule is C#Cc1cnc(C(=O)N2CCc3cc(C)ccc32)cc1N1CCC(N2CCc3cc(OC)ccc3NC2=O)CC1. The second-order valence-corrected chi connectivity index (χ2v) is 10.7. The van der Waals surface area contributed by atoms with Crippen LogP contribution in [0.5, 0.6) is 5.75 Å². The number of fused-ring (bicyclic) bond motifs is 2. The lowest BCUT2D eigenvalue weighted by Crippen LogP contribution is -2.49. The van der Waals surface area contributed by atoms with Crippen molar-refractivity contribution in [1.29, 1.82) is 0 Å². The zero-order chi connectivity index (χ0) is 27.8. The minimum Gasteiger partial charge on any atom is -0.497 e. The Balaban J connectivity index is 1.16. The van der Waals surface area contributed by atoms with E-state index in [4.69, 9.17) is 11.2 Å². The van der Waals surface area contributed by atoms with Crippen LogP contribution in [0.3, 0.4) is 0 Å². The van der Waals surface area contributed by atoms with Gasteiger partial charge in [0.05, 0.1) is 18.4 Å². The summed E-state index contributed by atoms with van der Waals surface area (Å²) in [6, 6.07) is 13.9. The molecule has 2 aromatic carbocycles. The van der Waals surface area contributed by atoms with E-state index in [1.54, 1.807) is 13.3 Å². The van der Waals surface area contributed by atoms with Crippen molar-refractivity contribution in [2.24, 2.45) is 0 Å². The topological polar surface area (TPSA) is 78.0 Å². The molecule has 3 aromatic rings. The number of nitrogens with one attached hydrogen (secondary N) is 1. The smallest absolute Gasteiger partial charge is 0.322 e. The summed E-state index contributed by atoms with van der Waals surface area (Å²) in [4.78, 5) is 37.1. The van der Waals surface area contributed by atoms with Crippen molar-refractivity contribution in [3.8, 4) is 18.1 Å². The molecule has 1 saturated heterocycles. The second kappa shape index (κ2) is 10.6. The lowest BCUT2D eigenvalue weighted by atomic mass is 10.0. The van der Waals surface area contributed by atoms with E-state index < -0.39 is 0 Å². The van der Waals surface area contributed by atoms with Crippen LogP contribution in [0.4, 0.5) is 21.9 Å². The molecule has 1 N–H and O–H groups in total. The molecule has 0 spiro atoms. The number of carbonyl (C=O) groups is 2. The summed E-state index contributed by atoms with van der Waals surface area (Å²) < 4.78 is 5.36. The second-order valence-electron chi connectivity index (χ2n) is 10.7. The summed E-state index contributed by atoms with van der Waals surface area (Å²) >= 11 is 0.